The lowest BCUT2D eigenvalue weighted by Gasteiger charge is -2.37. The molecule has 2 atom stereocenters. The summed E-state index contributed by atoms with van der Waals surface area (Å²) < 4.78 is 0. The summed E-state index contributed by atoms with van der Waals surface area (Å²) in [6.07, 6.45) is 3.59. The van der Waals surface area contributed by atoms with E-state index >= 15 is 0 Å². The van der Waals surface area contributed by atoms with Gasteiger partial charge in [-0.05, 0) is 43.9 Å². The number of aryl methyl sites for hydroxylation is 1. The number of nitrogens with zero attached hydrogens (tertiary/aromatic N) is 1. The molecule has 1 aromatic heterocycles. The van der Waals surface area contributed by atoms with Crippen LogP contribution in [0.3, 0.4) is 0 Å². The Morgan fingerprint density at radius 2 is 2.17 bits per heavy atom. The maximum atomic E-state index is 12.7. The zero-order valence-corrected chi connectivity index (χ0v) is 13.5. The van der Waals surface area contributed by atoms with E-state index in [9.17, 15) is 14.7 Å². The van der Waals surface area contributed by atoms with Gasteiger partial charge in [0, 0.05) is 29.7 Å². The number of nitrogens with one attached hydrogen (secondary N) is 1. The summed E-state index contributed by atoms with van der Waals surface area (Å²) in [6.45, 7) is 4.52. The molecule has 5 heteroatoms. The number of carbonyl (C=O) groups is 2. The first-order valence-electron chi connectivity index (χ1n) is 8.07. The number of fused-ring (bicyclic) bond motifs is 1. The Kier molecular flexibility index (Phi) is 4.11. The van der Waals surface area contributed by atoms with Crippen LogP contribution in [0.4, 0.5) is 0 Å². The number of amides is 1. The van der Waals surface area contributed by atoms with Crippen LogP contribution in [-0.4, -0.2) is 39.5 Å². The first-order valence-corrected chi connectivity index (χ1v) is 8.07. The molecule has 1 aliphatic heterocycles. The number of aromatic nitrogens is 1. The van der Waals surface area contributed by atoms with E-state index in [1.165, 1.54) is 0 Å². The fourth-order valence-corrected chi connectivity index (χ4v) is 3.68. The second kappa shape index (κ2) is 6.07. The molecular weight excluding hydrogens is 292 g/mol. The minimum Gasteiger partial charge on any atom is -0.481 e. The fraction of sp³-hybridized carbons (Fsp3) is 0.444. The average Bonchev–Trinajstić information content (AvgIpc) is 2.91. The number of aliphatic carboxylic acids is 1. The number of benzene rings is 1. The Morgan fingerprint density at radius 3 is 2.91 bits per heavy atom. The maximum Gasteiger partial charge on any atom is 0.308 e. The van der Waals surface area contributed by atoms with Gasteiger partial charge in [-0.3, -0.25) is 9.59 Å². The fourth-order valence-electron chi connectivity index (χ4n) is 3.68. The number of H-pyrrole nitrogens is 1. The number of rotatable bonds is 3. The molecule has 1 amide bonds. The summed E-state index contributed by atoms with van der Waals surface area (Å²) in [5, 5.41) is 10.4. The highest BCUT2D eigenvalue weighted by Gasteiger charge is 2.35. The third-order valence-corrected chi connectivity index (χ3v) is 4.96. The third kappa shape index (κ3) is 2.83. The van der Waals surface area contributed by atoms with E-state index < -0.39 is 11.9 Å². The number of aromatic amines is 1. The zero-order chi connectivity index (χ0) is 16.6. The number of likely N-dealkylation sites (tertiary alicyclic amines) is 1. The van der Waals surface area contributed by atoms with Crippen molar-refractivity contribution in [3.8, 4) is 0 Å². The van der Waals surface area contributed by atoms with Crippen LogP contribution in [-0.2, 0) is 16.0 Å². The first kappa shape index (κ1) is 15.6. The summed E-state index contributed by atoms with van der Waals surface area (Å²) in [5.41, 5.74) is 3.15. The first-order chi connectivity index (χ1) is 11.0. The SMILES string of the molecule is Cc1cccc2[nH]cc(CC(=O)N3CCC[C@@H](C(=O)O)[C@H]3C)c12. The number of hydrogen-bond acceptors (Lipinski definition) is 2. The van der Waals surface area contributed by atoms with Crippen LogP contribution in [0.1, 0.15) is 30.9 Å². The van der Waals surface area contributed by atoms with Gasteiger partial charge in [-0.1, -0.05) is 12.1 Å². The van der Waals surface area contributed by atoms with Crippen molar-refractivity contribution in [2.75, 3.05) is 6.54 Å². The van der Waals surface area contributed by atoms with Crippen molar-refractivity contribution in [1.82, 2.24) is 9.88 Å². The molecule has 0 saturated carbocycles. The topological polar surface area (TPSA) is 73.4 Å². The molecule has 0 radical (unpaired) electrons. The molecule has 0 unspecified atom stereocenters. The van der Waals surface area contributed by atoms with E-state index in [0.29, 0.717) is 19.4 Å². The molecule has 1 aromatic carbocycles. The van der Waals surface area contributed by atoms with Crippen LogP contribution >= 0.6 is 0 Å². The number of piperidine rings is 1. The molecule has 0 spiro atoms. The van der Waals surface area contributed by atoms with Crippen molar-refractivity contribution in [2.45, 2.75) is 39.2 Å². The minimum atomic E-state index is -0.807. The molecule has 2 aromatic rings. The highest BCUT2D eigenvalue weighted by Crippen LogP contribution is 2.27. The Morgan fingerprint density at radius 1 is 1.39 bits per heavy atom. The third-order valence-electron chi connectivity index (χ3n) is 4.96. The van der Waals surface area contributed by atoms with Gasteiger partial charge in [-0.25, -0.2) is 0 Å². The lowest BCUT2D eigenvalue weighted by molar-refractivity contribution is -0.148. The highest BCUT2D eigenvalue weighted by atomic mass is 16.4. The van der Waals surface area contributed by atoms with Crippen molar-refractivity contribution in [3.63, 3.8) is 0 Å². The Bertz CT molecular complexity index is 750. The van der Waals surface area contributed by atoms with Gasteiger partial charge >= 0.3 is 5.97 Å². The second-order valence-corrected chi connectivity index (χ2v) is 6.40. The number of carboxylic acids is 1. The van der Waals surface area contributed by atoms with Gasteiger partial charge in [0.15, 0.2) is 0 Å². The smallest absolute Gasteiger partial charge is 0.308 e. The quantitative estimate of drug-likeness (QED) is 0.915. The minimum absolute atomic E-state index is 0.00704. The Balaban J connectivity index is 1.82. The van der Waals surface area contributed by atoms with Crippen LogP contribution in [0.5, 0.6) is 0 Å². The van der Waals surface area contributed by atoms with Crippen molar-refractivity contribution < 1.29 is 14.7 Å². The van der Waals surface area contributed by atoms with Gasteiger partial charge in [0.05, 0.1) is 12.3 Å². The lowest BCUT2D eigenvalue weighted by Crippen LogP contribution is -2.49. The zero-order valence-electron chi connectivity index (χ0n) is 13.5. The second-order valence-electron chi connectivity index (χ2n) is 6.40. The molecule has 1 aliphatic rings. The molecular formula is C18H22N2O3. The van der Waals surface area contributed by atoms with Crippen molar-refractivity contribution >= 4 is 22.8 Å². The summed E-state index contributed by atoms with van der Waals surface area (Å²) in [7, 11) is 0. The lowest BCUT2D eigenvalue weighted by atomic mass is 9.90. The predicted octanol–water partition coefficient (Wildman–Crippen LogP) is 2.73. The maximum absolute atomic E-state index is 12.7. The number of hydrogen-bond donors (Lipinski definition) is 2. The molecule has 23 heavy (non-hydrogen) atoms. The van der Waals surface area contributed by atoms with E-state index in [0.717, 1.165) is 28.5 Å². The van der Waals surface area contributed by atoms with E-state index in [-0.39, 0.29) is 11.9 Å². The average molecular weight is 314 g/mol. The summed E-state index contributed by atoms with van der Waals surface area (Å²) in [5.74, 6) is -1.26. The van der Waals surface area contributed by atoms with Gasteiger partial charge in [-0.2, -0.15) is 0 Å². The number of carbonyl (C=O) groups excluding carboxylic acids is 1. The normalized spacial score (nSPS) is 21.6. The molecule has 1 saturated heterocycles. The van der Waals surface area contributed by atoms with Gasteiger partial charge < -0.3 is 15.0 Å². The van der Waals surface area contributed by atoms with Crippen LogP contribution in [0.2, 0.25) is 0 Å². The molecule has 2 heterocycles. The van der Waals surface area contributed by atoms with Crippen LogP contribution < -0.4 is 0 Å². The monoisotopic (exact) mass is 314 g/mol. The van der Waals surface area contributed by atoms with E-state index in [1.807, 2.05) is 38.2 Å². The molecule has 1 fully saturated rings. The molecule has 3 rings (SSSR count). The van der Waals surface area contributed by atoms with Gasteiger partial charge in [-0.15, -0.1) is 0 Å². The molecule has 122 valence electrons. The molecule has 2 N–H and O–H groups in total. The number of carboxylic acid groups (broad SMARTS) is 1. The van der Waals surface area contributed by atoms with Crippen molar-refractivity contribution in [3.05, 3.63) is 35.5 Å². The molecule has 0 bridgehead atoms. The van der Waals surface area contributed by atoms with Gasteiger partial charge in [0.25, 0.3) is 0 Å². The van der Waals surface area contributed by atoms with Crippen LogP contribution in [0.15, 0.2) is 24.4 Å². The van der Waals surface area contributed by atoms with E-state index in [2.05, 4.69) is 4.98 Å². The summed E-state index contributed by atoms with van der Waals surface area (Å²) in [6, 6.07) is 5.78. The predicted molar refractivity (Wildman–Crippen MR) is 88.3 cm³/mol. The highest BCUT2D eigenvalue weighted by molar-refractivity contribution is 5.91. The largest absolute Gasteiger partial charge is 0.481 e. The molecule has 5 nitrogen and oxygen atoms in total. The van der Waals surface area contributed by atoms with Crippen LogP contribution in [0, 0.1) is 12.8 Å². The van der Waals surface area contributed by atoms with Crippen molar-refractivity contribution in [1.29, 1.82) is 0 Å². The van der Waals surface area contributed by atoms with E-state index in [1.54, 1.807) is 4.90 Å². The molecule has 0 aliphatic carbocycles. The van der Waals surface area contributed by atoms with Crippen LogP contribution in [0.25, 0.3) is 10.9 Å². The Labute approximate surface area is 135 Å². The Hall–Kier alpha value is -2.30. The van der Waals surface area contributed by atoms with Crippen molar-refractivity contribution in [2.24, 2.45) is 5.92 Å². The van der Waals surface area contributed by atoms with Gasteiger partial charge in [0.1, 0.15) is 0 Å². The van der Waals surface area contributed by atoms with Gasteiger partial charge in [0.2, 0.25) is 5.91 Å². The van der Waals surface area contributed by atoms with E-state index in [4.69, 9.17) is 0 Å². The summed E-state index contributed by atoms with van der Waals surface area (Å²) in [4.78, 5) is 29.0. The standard InChI is InChI=1S/C18H22N2O3/c1-11-5-3-7-15-17(11)13(10-19-15)9-16(21)20-8-4-6-14(12(20)2)18(22)23/h3,5,7,10,12,14,19H,4,6,8-9H2,1-2H3,(H,22,23)/t12-,14-/m1/s1. The summed E-state index contributed by atoms with van der Waals surface area (Å²) >= 11 is 0.